The van der Waals surface area contributed by atoms with Gasteiger partial charge in [-0.2, -0.15) is 0 Å². The van der Waals surface area contributed by atoms with Crippen LogP contribution in [-0.4, -0.2) is 24.3 Å². The molecule has 1 aromatic carbocycles. The van der Waals surface area contributed by atoms with Gasteiger partial charge in [-0.3, -0.25) is 0 Å². The van der Waals surface area contributed by atoms with Crippen LogP contribution >= 0.6 is 0 Å². The van der Waals surface area contributed by atoms with Gasteiger partial charge in [-0.1, -0.05) is 12.8 Å². The van der Waals surface area contributed by atoms with Crippen molar-refractivity contribution in [3.05, 3.63) is 35.4 Å². The van der Waals surface area contributed by atoms with E-state index in [0.717, 1.165) is 31.7 Å². The molecule has 0 saturated heterocycles. The van der Waals surface area contributed by atoms with Crippen molar-refractivity contribution in [1.29, 1.82) is 0 Å². The maximum Gasteiger partial charge on any atom is 0.126 e. The molecule has 2 rings (SSSR count). The molecule has 0 spiro atoms. The van der Waals surface area contributed by atoms with Crippen LogP contribution in [0.25, 0.3) is 0 Å². The van der Waals surface area contributed by atoms with E-state index >= 15 is 0 Å². The number of hydrogen-bond acceptors (Lipinski definition) is 3. The lowest BCUT2D eigenvalue weighted by molar-refractivity contribution is 0.146. The zero-order valence-electron chi connectivity index (χ0n) is 11.5. The Morgan fingerprint density at radius 3 is 2.45 bits per heavy atom. The molecule has 5 heteroatoms. The van der Waals surface area contributed by atoms with Gasteiger partial charge in [-0.25, -0.2) is 8.78 Å². The van der Waals surface area contributed by atoms with E-state index in [4.69, 9.17) is 5.73 Å². The maximum absolute atomic E-state index is 13.3. The SMILES string of the molecule is NCC(NC1CCCCC1CO)c1cc(F)cc(F)c1. The quantitative estimate of drug-likeness (QED) is 0.776. The van der Waals surface area contributed by atoms with Crippen LogP contribution in [0.5, 0.6) is 0 Å². The van der Waals surface area contributed by atoms with Crippen molar-refractivity contribution < 1.29 is 13.9 Å². The highest BCUT2D eigenvalue weighted by Crippen LogP contribution is 2.26. The predicted octanol–water partition coefficient (Wildman–Crippen LogP) is 2.11. The highest BCUT2D eigenvalue weighted by atomic mass is 19.1. The summed E-state index contributed by atoms with van der Waals surface area (Å²) >= 11 is 0. The number of nitrogens with one attached hydrogen (secondary N) is 1. The van der Waals surface area contributed by atoms with E-state index < -0.39 is 11.6 Å². The maximum atomic E-state index is 13.3. The summed E-state index contributed by atoms with van der Waals surface area (Å²) in [6.45, 7) is 0.393. The largest absolute Gasteiger partial charge is 0.396 e. The summed E-state index contributed by atoms with van der Waals surface area (Å²) in [6.07, 6.45) is 4.15. The third kappa shape index (κ3) is 3.75. The number of aliphatic hydroxyl groups is 1. The first-order valence-electron chi connectivity index (χ1n) is 7.17. The van der Waals surface area contributed by atoms with Gasteiger partial charge in [0.25, 0.3) is 0 Å². The Bertz CT molecular complexity index is 422. The zero-order chi connectivity index (χ0) is 14.5. The van der Waals surface area contributed by atoms with E-state index in [9.17, 15) is 13.9 Å². The first-order chi connectivity index (χ1) is 9.63. The van der Waals surface area contributed by atoms with Crippen molar-refractivity contribution >= 4 is 0 Å². The Morgan fingerprint density at radius 1 is 1.20 bits per heavy atom. The molecule has 0 heterocycles. The van der Waals surface area contributed by atoms with E-state index in [1.807, 2.05) is 0 Å². The predicted molar refractivity (Wildman–Crippen MR) is 74.1 cm³/mol. The molecule has 112 valence electrons. The van der Waals surface area contributed by atoms with Gasteiger partial charge in [-0.05, 0) is 36.5 Å². The second-order valence-corrected chi connectivity index (χ2v) is 5.49. The molecule has 1 fully saturated rings. The number of nitrogens with two attached hydrogens (primary N) is 1. The monoisotopic (exact) mass is 284 g/mol. The molecule has 0 radical (unpaired) electrons. The van der Waals surface area contributed by atoms with Crippen molar-refractivity contribution in [2.45, 2.75) is 37.8 Å². The van der Waals surface area contributed by atoms with Crippen LogP contribution in [0.1, 0.15) is 37.3 Å². The Kier molecular flexibility index (Phi) is 5.46. The van der Waals surface area contributed by atoms with E-state index in [0.29, 0.717) is 5.56 Å². The van der Waals surface area contributed by atoms with Crippen molar-refractivity contribution in [3.8, 4) is 0 Å². The number of rotatable bonds is 5. The minimum absolute atomic E-state index is 0.131. The summed E-state index contributed by atoms with van der Waals surface area (Å²) in [4.78, 5) is 0. The fraction of sp³-hybridized carbons (Fsp3) is 0.600. The molecule has 1 saturated carbocycles. The summed E-state index contributed by atoms with van der Waals surface area (Å²) in [7, 11) is 0. The molecule has 3 unspecified atom stereocenters. The second-order valence-electron chi connectivity index (χ2n) is 5.49. The molecule has 20 heavy (non-hydrogen) atoms. The van der Waals surface area contributed by atoms with Crippen LogP contribution in [0.15, 0.2) is 18.2 Å². The summed E-state index contributed by atoms with van der Waals surface area (Å²) < 4.78 is 26.6. The van der Waals surface area contributed by atoms with Crippen LogP contribution < -0.4 is 11.1 Å². The van der Waals surface area contributed by atoms with Crippen molar-refractivity contribution in [3.63, 3.8) is 0 Å². The molecule has 0 amide bonds. The van der Waals surface area contributed by atoms with Gasteiger partial charge >= 0.3 is 0 Å². The van der Waals surface area contributed by atoms with Crippen LogP contribution in [0.4, 0.5) is 8.78 Å². The molecule has 0 bridgehead atoms. The van der Waals surface area contributed by atoms with Gasteiger partial charge < -0.3 is 16.2 Å². The lowest BCUT2D eigenvalue weighted by atomic mass is 9.84. The number of halogens is 2. The molecule has 3 atom stereocenters. The minimum atomic E-state index is -0.595. The van der Waals surface area contributed by atoms with E-state index in [1.165, 1.54) is 12.1 Å². The summed E-state index contributed by atoms with van der Waals surface area (Å²) in [5.74, 6) is -0.999. The number of aliphatic hydroxyl groups excluding tert-OH is 1. The Labute approximate surface area is 118 Å². The summed E-state index contributed by atoms with van der Waals surface area (Å²) in [6, 6.07) is 3.33. The topological polar surface area (TPSA) is 58.3 Å². The molecular weight excluding hydrogens is 262 g/mol. The molecule has 1 aromatic rings. The van der Waals surface area contributed by atoms with Crippen LogP contribution in [0.3, 0.4) is 0 Å². The average Bonchev–Trinajstić information content (AvgIpc) is 2.44. The van der Waals surface area contributed by atoms with Gasteiger partial charge in [0.15, 0.2) is 0 Å². The van der Waals surface area contributed by atoms with Gasteiger partial charge in [0.1, 0.15) is 11.6 Å². The lowest BCUT2D eigenvalue weighted by Gasteiger charge is -2.34. The van der Waals surface area contributed by atoms with Gasteiger partial charge in [-0.15, -0.1) is 0 Å². The number of benzene rings is 1. The number of hydrogen-bond donors (Lipinski definition) is 3. The smallest absolute Gasteiger partial charge is 0.126 e. The van der Waals surface area contributed by atoms with Crippen LogP contribution in [0, 0.1) is 17.6 Å². The van der Waals surface area contributed by atoms with Gasteiger partial charge in [0.05, 0.1) is 0 Å². The molecule has 1 aliphatic rings. The fourth-order valence-corrected chi connectivity index (χ4v) is 2.98. The highest BCUT2D eigenvalue weighted by molar-refractivity contribution is 5.22. The standard InChI is InChI=1S/C15H22F2N2O/c16-12-5-11(6-13(17)7-12)15(8-18)19-14-4-2-1-3-10(14)9-20/h5-7,10,14-15,19-20H,1-4,8-9,18H2. The molecule has 0 aliphatic heterocycles. The first-order valence-corrected chi connectivity index (χ1v) is 7.17. The Hall–Kier alpha value is -1.04. The summed E-state index contributed by atoms with van der Waals surface area (Å²) in [5.41, 5.74) is 6.26. The van der Waals surface area contributed by atoms with E-state index in [1.54, 1.807) is 0 Å². The highest BCUT2D eigenvalue weighted by Gasteiger charge is 2.26. The van der Waals surface area contributed by atoms with Crippen LogP contribution in [0.2, 0.25) is 0 Å². The summed E-state index contributed by atoms with van der Waals surface area (Å²) in [5, 5.41) is 12.8. The van der Waals surface area contributed by atoms with Gasteiger partial charge in [0, 0.05) is 31.3 Å². The van der Waals surface area contributed by atoms with Crippen molar-refractivity contribution in [2.24, 2.45) is 11.7 Å². The van der Waals surface area contributed by atoms with Crippen molar-refractivity contribution in [2.75, 3.05) is 13.2 Å². The third-order valence-corrected chi connectivity index (χ3v) is 4.08. The molecule has 1 aliphatic carbocycles. The Morgan fingerprint density at radius 2 is 1.85 bits per heavy atom. The first kappa shape index (κ1) is 15.4. The zero-order valence-corrected chi connectivity index (χ0v) is 11.5. The Balaban J connectivity index is 2.11. The molecular formula is C15H22F2N2O. The van der Waals surface area contributed by atoms with Crippen LogP contribution in [-0.2, 0) is 0 Å². The molecule has 0 aromatic heterocycles. The molecule has 3 nitrogen and oxygen atoms in total. The normalized spacial score (nSPS) is 24.6. The van der Waals surface area contributed by atoms with Crippen molar-refractivity contribution in [1.82, 2.24) is 5.32 Å². The minimum Gasteiger partial charge on any atom is -0.396 e. The average molecular weight is 284 g/mol. The van der Waals surface area contributed by atoms with Gasteiger partial charge in [0.2, 0.25) is 0 Å². The fourth-order valence-electron chi connectivity index (χ4n) is 2.98. The lowest BCUT2D eigenvalue weighted by Crippen LogP contribution is -2.44. The van der Waals surface area contributed by atoms with E-state index in [2.05, 4.69) is 5.32 Å². The third-order valence-electron chi connectivity index (χ3n) is 4.08. The van der Waals surface area contributed by atoms with E-state index in [-0.39, 0.29) is 31.2 Å². The second kappa shape index (κ2) is 7.11. The molecule has 4 N–H and O–H groups in total.